The van der Waals surface area contributed by atoms with E-state index in [2.05, 4.69) is 67.7 Å². The molecule has 144 valence electrons. The van der Waals surface area contributed by atoms with Gasteiger partial charge in [0.1, 0.15) is 0 Å². The van der Waals surface area contributed by atoms with Crippen LogP contribution in [0.15, 0.2) is 48.5 Å². The first-order valence-corrected chi connectivity index (χ1v) is 11.1. The zero-order valence-corrected chi connectivity index (χ0v) is 17.2. The van der Waals surface area contributed by atoms with E-state index in [1.165, 1.54) is 86.7 Å². The molecule has 0 heterocycles. The Hall–Kier alpha value is -1.76. The summed E-state index contributed by atoms with van der Waals surface area (Å²) in [5.74, 6) is 0. The quantitative estimate of drug-likeness (QED) is 0.584. The van der Waals surface area contributed by atoms with Gasteiger partial charge in [-0.3, -0.25) is 0 Å². The van der Waals surface area contributed by atoms with Crippen molar-refractivity contribution in [3.63, 3.8) is 0 Å². The molecule has 2 fully saturated rings. The van der Waals surface area contributed by atoms with Crippen LogP contribution >= 0.6 is 0 Å². The van der Waals surface area contributed by atoms with Crippen molar-refractivity contribution < 1.29 is 0 Å². The zero-order valence-electron chi connectivity index (χ0n) is 17.2. The Morgan fingerprint density at radius 3 is 1.19 bits per heavy atom. The molecule has 1 N–H and O–H groups in total. The van der Waals surface area contributed by atoms with Gasteiger partial charge >= 0.3 is 0 Å². The summed E-state index contributed by atoms with van der Waals surface area (Å²) in [4.78, 5) is 0. The van der Waals surface area contributed by atoms with Gasteiger partial charge in [0.2, 0.25) is 0 Å². The molecule has 0 saturated heterocycles. The Kier molecular flexibility index (Phi) is 5.30. The van der Waals surface area contributed by atoms with Crippen LogP contribution in [0.1, 0.15) is 89.2 Å². The van der Waals surface area contributed by atoms with E-state index in [9.17, 15) is 0 Å². The van der Waals surface area contributed by atoms with Gasteiger partial charge in [-0.2, -0.15) is 0 Å². The van der Waals surface area contributed by atoms with Crippen LogP contribution in [0.4, 0.5) is 11.4 Å². The molecule has 2 aromatic carbocycles. The van der Waals surface area contributed by atoms with Gasteiger partial charge < -0.3 is 5.32 Å². The fraction of sp³-hybridized carbons (Fsp3) is 0.538. The second-order valence-electron chi connectivity index (χ2n) is 9.52. The lowest BCUT2D eigenvalue weighted by Crippen LogP contribution is -2.24. The van der Waals surface area contributed by atoms with Crippen molar-refractivity contribution in [1.82, 2.24) is 0 Å². The van der Waals surface area contributed by atoms with Crippen molar-refractivity contribution in [2.45, 2.75) is 88.9 Å². The van der Waals surface area contributed by atoms with E-state index in [0.717, 1.165) is 0 Å². The zero-order chi connectivity index (χ0) is 18.7. The van der Waals surface area contributed by atoms with E-state index in [-0.39, 0.29) is 0 Å². The normalized spacial score (nSPS) is 21.6. The Balaban J connectivity index is 1.43. The van der Waals surface area contributed by atoms with Gasteiger partial charge in [0.05, 0.1) is 0 Å². The fourth-order valence-electron chi connectivity index (χ4n) is 5.32. The number of hydrogen-bond donors (Lipinski definition) is 1. The van der Waals surface area contributed by atoms with Crippen molar-refractivity contribution in [3.05, 3.63) is 59.7 Å². The first-order chi connectivity index (χ1) is 13.1. The highest BCUT2D eigenvalue weighted by Crippen LogP contribution is 2.40. The summed E-state index contributed by atoms with van der Waals surface area (Å²) in [6.45, 7) is 4.89. The smallest absolute Gasteiger partial charge is 0.0384 e. The van der Waals surface area contributed by atoms with E-state index in [0.29, 0.717) is 10.8 Å². The van der Waals surface area contributed by atoms with Crippen LogP contribution in [-0.4, -0.2) is 0 Å². The maximum Gasteiger partial charge on any atom is 0.0384 e. The minimum absolute atomic E-state index is 0.383. The van der Waals surface area contributed by atoms with E-state index in [4.69, 9.17) is 0 Å². The second kappa shape index (κ2) is 7.70. The average molecular weight is 362 g/mol. The van der Waals surface area contributed by atoms with Crippen LogP contribution in [0.2, 0.25) is 0 Å². The summed E-state index contributed by atoms with van der Waals surface area (Å²) < 4.78 is 0. The molecule has 0 radical (unpaired) electrons. The molecule has 27 heavy (non-hydrogen) atoms. The highest BCUT2D eigenvalue weighted by atomic mass is 14.9. The van der Waals surface area contributed by atoms with E-state index < -0.39 is 0 Å². The molecule has 0 unspecified atom stereocenters. The third-order valence-electron chi connectivity index (χ3n) is 7.37. The fourth-order valence-corrected chi connectivity index (χ4v) is 5.32. The summed E-state index contributed by atoms with van der Waals surface area (Å²) >= 11 is 0. The molecule has 0 atom stereocenters. The van der Waals surface area contributed by atoms with Gasteiger partial charge in [0.15, 0.2) is 0 Å². The maximum absolute atomic E-state index is 3.59. The van der Waals surface area contributed by atoms with Crippen LogP contribution in [0, 0.1) is 0 Å². The van der Waals surface area contributed by atoms with Crippen molar-refractivity contribution in [2.75, 3.05) is 5.32 Å². The Labute approximate surface area is 165 Å². The predicted octanol–water partition coefficient (Wildman–Crippen LogP) is 7.87. The van der Waals surface area contributed by atoms with Gasteiger partial charge in [0, 0.05) is 11.4 Å². The minimum Gasteiger partial charge on any atom is -0.356 e. The summed E-state index contributed by atoms with van der Waals surface area (Å²) in [7, 11) is 0. The third kappa shape index (κ3) is 4.08. The molecule has 2 aliphatic carbocycles. The van der Waals surface area contributed by atoms with Gasteiger partial charge in [-0.05, 0) is 71.9 Å². The lowest BCUT2D eigenvalue weighted by atomic mass is 9.71. The van der Waals surface area contributed by atoms with Crippen molar-refractivity contribution >= 4 is 11.4 Å². The largest absolute Gasteiger partial charge is 0.356 e. The first kappa shape index (κ1) is 18.6. The van der Waals surface area contributed by atoms with Crippen LogP contribution in [0.3, 0.4) is 0 Å². The molecule has 4 rings (SSSR count). The number of benzene rings is 2. The third-order valence-corrected chi connectivity index (χ3v) is 7.37. The molecule has 0 bridgehead atoms. The van der Waals surface area contributed by atoms with Crippen molar-refractivity contribution in [3.8, 4) is 0 Å². The molecule has 2 aliphatic rings. The SMILES string of the molecule is CC1(c2ccc(Nc3ccc(C4(C)CCCCC4)cc3)cc2)CCCCC1. The first-order valence-electron chi connectivity index (χ1n) is 11.1. The van der Waals surface area contributed by atoms with Gasteiger partial charge in [0.25, 0.3) is 0 Å². The highest BCUT2D eigenvalue weighted by Gasteiger charge is 2.29. The van der Waals surface area contributed by atoms with E-state index in [1.54, 1.807) is 0 Å². The minimum atomic E-state index is 0.383. The van der Waals surface area contributed by atoms with Gasteiger partial charge in [-0.1, -0.05) is 76.6 Å². The van der Waals surface area contributed by atoms with E-state index >= 15 is 0 Å². The Bertz CT molecular complexity index is 663. The molecular formula is C26H35N. The monoisotopic (exact) mass is 361 g/mol. The van der Waals surface area contributed by atoms with Gasteiger partial charge in [-0.25, -0.2) is 0 Å². The van der Waals surface area contributed by atoms with Crippen LogP contribution in [-0.2, 0) is 10.8 Å². The topological polar surface area (TPSA) is 12.0 Å². The summed E-state index contributed by atoms with van der Waals surface area (Å²) in [6.07, 6.45) is 13.7. The second-order valence-corrected chi connectivity index (χ2v) is 9.52. The van der Waals surface area contributed by atoms with Crippen LogP contribution in [0.5, 0.6) is 0 Å². The number of rotatable bonds is 4. The number of anilines is 2. The summed E-state index contributed by atoms with van der Waals surface area (Å²) in [5.41, 5.74) is 6.16. The molecule has 2 aromatic rings. The molecule has 0 spiro atoms. The molecule has 2 saturated carbocycles. The van der Waals surface area contributed by atoms with E-state index in [1.807, 2.05) is 0 Å². The Morgan fingerprint density at radius 1 is 0.519 bits per heavy atom. The number of nitrogens with one attached hydrogen (secondary N) is 1. The summed E-state index contributed by atoms with van der Waals surface area (Å²) in [6, 6.07) is 18.4. The lowest BCUT2D eigenvalue weighted by molar-refractivity contribution is 0.319. The lowest BCUT2D eigenvalue weighted by Gasteiger charge is -2.34. The van der Waals surface area contributed by atoms with Gasteiger partial charge in [-0.15, -0.1) is 0 Å². The van der Waals surface area contributed by atoms with Crippen LogP contribution < -0.4 is 5.32 Å². The highest BCUT2D eigenvalue weighted by molar-refractivity contribution is 5.60. The molecule has 0 aromatic heterocycles. The number of hydrogen-bond acceptors (Lipinski definition) is 1. The predicted molar refractivity (Wildman–Crippen MR) is 117 cm³/mol. The maximum atomic E-state index is 3.59. The molecule has 1 nitrogen and oxygen atoms in total. The molecule has 0 aliphatic heterocycles. The average Bonchev–Trinajstić information content (AvgIpc) is 2.70. The molecule has 1 heteroatoms. The van der Waals surface area contributed by atoms with Crippen LogP contribution in [0.25, 0.3) is 0 Å². The summed E-state index contributed by atoms with van der Waals surface area (Å²) in [5, 5.41) is 3.59. The van der Waals surface area contributed by atoms with Crippen molar-refractivity contribution in [2.24, 2.45) is 0 Å². The standard InChI is InChI=1S/C26H35N/c1-25(17-5-3-6-18-25)21-9-13-23(14-10-21)27-24-15-11-22(12-16-24)26(2)19-7-4-8-20-26/h9-16,27H,3-8,17-20H2,1-2H3. The molecular weight excluding hydrogens is 326 g/mol. The van der Waals surface area contributed by atoms with Crippen molar-refractivity contribution in [1.29, 1.82) is 0 Å². The molecule has 0 amide bonds. The Morgan fingerprint density at radius 2 is 0.852 bits per heavy atom.